The van der Waals surface area contributed by atoms with Crippen LogP contribution in [0.4, 0.5) is 8.78 Å². The van der Waals surface area contributed by atoms with Crippen LogP contribution in [0.15, 0.2) is 24.5 Å². The molecule has 1 N–H and O–H groups in total. The second-order valence-electron chi connectivity index (χ2n) is 5.68. The maximum atomic E-state index is 13.5. The summed E-state index contributed by atoms with van der Waals surface area (Å²) in [5, 5.41) is 10.5. The van der Waals surface area contributed by atoms with Crippen LogP contribution in [0.2, 0.25) is 0 Å². The van der Waals surface area contributed by atoms with Gasteiger partial charge in [0, 0.05) is 17.3 Å². The highest BCUT2D eigenvalue weighted by molar-refractivity contribution is 5.89. The van der Waals surface area contributed by atoms with Gasteiger partial charge in [-0.25, -0.2) is 23.2 Å². The Bertz CT molecular complexity index is 916. The van der Waals surface area contributed by atoms with E-state index in [0.717, 1.165) is 23.7 Å². The molecule has 1 aromatic carbocycles. The average Bonchev–Trinajstić information content (AvgIpc) is 3.28. The summed E-state index contributed by atoms with van der Waals surface area (Å²) in [6, 6.07) is 3.15. The van der Waals surface area contributed by atoms with Crippen LogP contribution < -0.4 is 0 Å². The molecule has 0 fully saturated rings. The fraction of sp³-hybridized carbons (Fsp3) is 0.250. The first-order chi connectivity index (χ1) is 12.1. The Kier molecular flexibility index (Phi) is 3.75. The number of aromatic nitrogens is 5. The number of ether oxygens (including phenoxy) is 1. The van der Waals surface area contributed by atoms with Gasteiger partial charge in [-0.2, -0.15) is 10.2 Å². The van der Waals surface area contributed by atoms with Crippen LogP contribution in [-0.2, 0) is 24.2 Å². The number of benzene rings is 1. The number of H-pyrrole nitrogens is 1. The molecule has 4 rings (SSSR count). The Morgan fingerprint density at radius 3 is 2.76 bits per heavy atom. The lowest BCUT2D eigenvalue weighted by molar-refractivity contribution is 0.0454. The molecule has 0 unspecified atom stereocenters. The zero-order chi connectivity index (χ0) is 17.4. The molecule has 0 aliphatic heterocycles. The molecule has 0 saturated carbocycles. The van der Waals surface area contributed by atoms with Gasteiger partial charge in [-0.3, -0.25) is 5.10 Å². The minimum atomic E-state index is -0.702. The third kappa shape index (κ3) is 2.88. The zero-order valence-corrected chi connectivity index (χ0v) is 13.0. The van der Waals surface area contributed by atoms with Crippen molar-refractivity contribution in [3.63, 3.8) is 0 Å². The monoisotopic (exact) mass is 345 g/mol. The van der Waals surface area contributed by atoms with Gasteiger partial charge in [0.25, 0.3) is 0 Å². The molecule has 3 aromatic rings. The molecule has 128 valence electrons. The standard InChI is InChI=1S/C16H13F2N5O2/c17-9-4-10(18)6-11(5-9)23-13-3-1-2-12(13)15(22-23)16(24)25-7-14-19-8-20-21-14/h4-6,8H,1-3,7H2,(H,19,20,21). The van der Waals surface area contributed by atoms with E-state index < -0.39 is 17.6 Å². The highest BCUT2D eigenvalue weighted by Gasteiger charge is 2.28. The maximum absolute atomic E-state index is 13.5. The van der Waals surface area contributed by atoms with Crippen LogP contribution in [0.5, 0.6) is 0 Å². The number of nitrogens with one attached hydrogen (secondary N) is 1. The van der Waals surface area contributed by atoms with E-state index in [0.29, 0.717) is 18.7 Å². The van der Waals surface area contributed by atoms with Gasteiger partial charge in [0.15, 0.2) is 18.1 Å². The molecular formula is C16H13F2N5O2. The van der Waals surface area contributed by atoms with E-state index >= 15 is 0 Å². The van der Waals surface area contributed by atoms with E-state index in [1.165, 1.54) is 23.1 Å². The molecule has 0 atom stereocenters. The SMILES string of the molecule is O=C(OCc1ncn[nH]1)c1nn(-c2cc(F)cc(F)c2)c2c1CCC2. The first kappa shape index (κ1) is 15.4. The Hall–Kier alpha value is -3.10. The molecule has 9 heteroatoms. The molecular weight excluding hydrogens is 332 g/mol. The maximum Gasteiger partial charge on any atom is 0.359 e. The summed E-state index contributed by atoms with van der Waals surface area (Å²) in [7, 11) is 0. The number of rotatable bonds is 4. The smallest absolute Gasteiger partial charge is 0.359 e. The van der Waals surface area contributed by atoms with Crippen molar-refractivity contribution < 1.29 is 18.3 Å². The Morgan fingerprint density at radius 1 is 1.24 bits per heavy atom. The van der Waals surface area contributed by atoms with Crippen LogP contribution in [0.3, 0.4) is 0 Å². The largest absolute Gasteiger partial charge is 0.453 e. The summed E-state index contributed by atoms with van der Waals surface area (Å²) in [6.45, 7) is -0.0605. The second kappa shape index (κ2) is 6.08. The van der Waals surface area contributed by atoms with Crippen LogP contribution in [0, 0.1) is 11.6 Å². The molecule has 0 bridgehead atoms. The molecule has 1 aliphatic carbocycles. The van der Waals surface area contributed by atoms with E-state index in [4.69, 9.17) is 4.74 Å². The minimum absolute atomic E-state index is 0.0605. The van der Waals surface area contributed by atoms with E-state index in [2.05, 4.69) is 20.3 Å². The first-order valence-electron chi connectivity index (χ1n) is 7.70. The van der Waals surface area contributed by atoms with Crippen LogP contribution in [0.25, 0.3) is 5.69 Å². The molecule has 0 spiro atoms. The Morgan fingerprint density at radius 2 is 2.04 bits per heavy atom. The number of carbonyl (C=O) groups is 1. The van der Waals surface area contributed by atoms with Crippen molar-refractivity contribution >= 4 is 5.97 Å². The van der Waals surface area contributed by atoms with Crippen molar-refractivity contribution in [2.75, 3.05) is 0 Å². The molecule has 7 nitrogen and oxygen atoms in total. The van der Waals surface area contributed by atoms with E-state index in [1.54, 1.807) is 0 Å². The predicted molar refractivity (Wildman–Crippen MR) is 81.0 cm³/mol. The van der Waals surface area contributed by atoms with Crippen molar-refractivity contribution in [3.05, 3.63) is 58.9 Å². The number of nitrogens with zero attached hydrogens (tertiary/aromatic N) is 4. The van der Waals surface area contributed by atoms with E-state index in [-0.39, 0.29) is 18.0 Å². The third-order valence-electron chi connectivity index (χ3n) is 4.02. The van der Waals surface area contributed by atoms with Gasteiger partial charge in [-0.15, -0.1) is 0 Å². The lowest BCUT2D eigenvalue weighted by Gasteiger charge is -2.06. The number of esters is 1. The molecule has 0 saturated heterocycles. The fourth-order valence-corrected chi connectivity index (χ4v) is 2.98. The van der Waals surface area contributed by atoms with Gasteiger partial charge in [-0.1, -0.05) is 0 Å². The number of aromatic amines is 1. The number of carbonyl (C=O) groups excluding carboxylic acids is 1. The Labute approximate surface area is 140 Å². The molecule has 0 radical (unpaired) electrons. The summed E-state index contributed by atoms with van der Waals surface area (Å²) >= 11 is 0. The van der Waals surface area contributed by atoms with E-state index in [1.807, 2.05) is 0 Å². The number of hydrogen-bond donors (Lipinski definition) is 1. The summed E-state index contributed by atoms with van der Waals surface area (Å²) in [6.07, 6.45) is 3.50. The predicted octanol–water partition coefficient (Wildman–Crippen LogP) is 2.11. The summed E-state index contributed by atoms with van der Waals surface area (Å²) in [5.74, 6) is -1.60. The van der Waals surface area contributed by atoms with Crippen molar-refractivity contribution in [2.45, 2.75) is 25.9 Å². The topological polar surface area (TPSA) is 85.7 Å². The molecule has 2 aromatic heterocycles. The van der Waals surface area contributed by atoms with Gasteiger partial charge in [-0.05, 0) is 31.4 Å². The van der Waals surface area contributed by atoms with Crippen LogP contribution in [0.1, 0.15) is 34.0 Å². The molecule has 2 heterocycles. The van der Waals surface area contributed by atoms with Gasteiger partial charge in [0.05, 0.1) is 5.69 Å². The number of fused-ring (bicyclic) bond motifs is 1. The van der Waals surface area contributed by atoms with Crippen molar-refractivity contribution in [3.8, 4) is 5.69 Å². The van der Waals surface area contributed by atoms with Crippen molar-refractivity contribution in [1.82, 2.24) is 25.0 Å². The lowest BCUT2D eigenvalue weighted by atomic mass is 10.2. The lowest BCUT2D eigenvalue weighted by Crippen LogP contribution is -2.10. The Balaban J connectivity index is 1.66. The van der Waals surface area contributed by atoms with Gasteiger partial charge >= 0.3 is 5.97 Å². The normalized spacial score (nSPS) is 13.0. The quantitative estimate of drug-likeness (QED) is 0.732. The van der Waals surface area contributed by atoms with E-state index in [9.17, 15) is 13.6 Å². The summed E-state index contributed by atoms with van der Waals surface area (Å²) in [4.78, 5) is 16.2. The summed E-state index contributed by atoms with van der Waals surface area (Å²) < 4.78 is 33.7. The fourth-order valence-electron chi connectivity index (χ4n) is 2.98. The first-order valence-corrected chi connectivity index (χ1v) is 7.70. The number of hydrogen-bond acceptors (Lipinski definition) is 5. The van der Waals surface area contributed by atoms with Gasteiger partial charge in [0.2, 0.25) is 0 Å². The molecule has 25 heavy (non-hydrogen) atoms. The molecule has 0 amide bonds. The van der Waals surface area contributed by atoms with Crippen LogP contribution >= 0.6 is 0 Å². The number of halogens is 2. The van der Waals surface area contributed by atoms with Crippen molar-refractivity contribution in [2.24, 2.45) is 0 Å². The average molecular weight is 345 g/mol. The van der Waals surface area contributed by atoms with Crippen LogP contribution in [-0.4, -0.2) is 30.9 Å². The van der Waals surface area contributed by atoms with Gasteiger partial charge < -0.3 is 4.74 Å². The second-order valence-corrected chi connectivity index (χ2v) is 5.68. The molecule has 1 aliphatic rings. The van der Waals surface area contributed by atoms with Crippen molar-refractivity contribution in [1.29, 1.82) is 0 Å². The van der Waals surface area contributed by atoms with Gasteiger partial charge in [0.1, 0.15) is 18.0 Å². The zero-order valence-electron chi connectivity index (χ0n) is 13.0. The highest BCUT2D eigenvalue weighted by atomic mass is 19.1. The third-order valence-corrected chi connectivity index (χ3v) is 4.02. The highest BCUT2D eigenvalue weighted by Crippen LogP contribution is 2.28. The summed E-state index contributed by atoms with van der Waals surface area (Å²) in [5.41, 5.74) is 1.94. The minimum Gasteiger partial charge on any atom is -0.453 e.